The van der Waals surface area contributed by atoms with Crippen LogP contribution in [0.4, 0.5) is 5.69 Å². The number of rotatable bonds is 2. The Morgan fingerprint density at radius 3 is 2.89 bits per heavy atom. The molecule has 1 aliphatic heterocycles. The molecule has 1 fully saturated rings. The van der Waals surface area contributed by atoms with Crippen molar-refractivity contribution in [3.8, 4) is 6.07 Å². The van der Waals surface area contributed by atoms with Gasteiger partial charge in [-0.3, -0.25) is 4.79 Å². The Bertz CT molecular complexity index is 533. The van der Waals surface area contributed by atoms with Gasteiger partial charge >= 0.3 is 0 Å². The number of nitrogens with one attached hydrogen (secondary N) is 1. The average molecular weight is 257 g/mol. The molecular weight excluding hydrogens is 238 g/mol. The summed E-state index contributed by atoms with van der Waals surface area (Å²) < 4.78 is 0. The lowest BCUT2D eigenvalue weighted by molar-refractivity contribution is -0.122. The molecule has 0 spiro atoms. The zero-order valence-corrected chi connectivity index (χ0v) is 11.6. The van der Waals surface area contributed by atoms with Gasteiger partial charge in [0.05, 0.1) is 12.5 Å². The standard InChI is InChI=1S/C15H19N3O/c1-10-5-4-6-14(12(10)3)18-9-11(2)17-13(7-8-16)15(18)19/h4-6,11,13,17H,7,9H2,1-3H3. The SMILES string of the molecule is Cc1cccc(N2CC(C)NC(CC#N)C2=O)c1C. The number of nitriles is 1. The fourth-order valence-electron chi connectivity index (χ4n) is 2.50. The predicted octanol–water partition coefficient (Wildman–Crippen LogP) is 1.91. The number of carbonyl (C=O) groups is 1. The third kappa shape index (κ3) is 2.61. The lowest BCUT2D eigenvalue weighted by atomic mass is 10.0. The Balaban J connectivity index is 2.35. The van der Waals surface area contributed by atoms with Crippen molar-refractivity contribution in [2.75, 3.05) is 11.4 Å². The van der Waals surface area contributed by atoms with Gasteiger partial charge in [-0.25, -0.2) is 0 Å². The molecule has 2 unspecified atom stereocenters. The van der Waals surface area contributed by atoms with Gasteiger partial charge in [-0.15, -0.1) is 0 Å². The molecule has 4 nitrogen and oxygen atoms in total. The van der Waals surface area contributed by atoms with Crippen LogP contribution in [0.1, 0.15) is 24.5 Å². The van der Waals surface area contributed by atoms with Crippen molar-refractivity contribution in [3.05, 3.63) is 29.3 Å². The van der Waals surface area contributed by atoms with Crippen LogP contribution in [-0.2, 0) is 4.79 Å². The highest BCUT2D eigenvalue weighted by molar-refractivity contribution is 5.99. The summed E-state index contributed by atoms with van der Waals surface area (Å²) in [6, 6.07) is 7.86. The maximum Gasteiger partial charge on any atom is 0.245 e. The van der Waals surface area contributed by atoms with Crippen molar-refractivity contribution < 1.29 is 4.79 Å². The van der Waals surface area contributed by atoms with Gasteiger partial charge in [0.15, 0.2) is 0 Å². The van der Waals surface area contributed by atoms with Crippen molar-refractivity contribution in [2.45, 2.75) is 39.3 Å². The van der Waals surface area contributed by atoms with E-state index in [-0.39, 0.29) is 18.4 Å². The van der Waals surface area contributed by atoms with Crippen LogP contribution in [0, 0.1) is 25.2 Å². The highest BCUT2D eigenvalue weighted by Crippen LogP contribution is 2.25. The fraction of sp³-hybridized carbons (Fsp3) is 0.467. The quantitative estimate of drug-likeness (QED) is 0.880. The Hall–Kier alpha value is -1.86. The van der Waals surface area contributed by atoms with Gasteiger partial charge in [0, 0.05) is 18.3 Å². The highest BCUT2D eigenvalue weighted by Gasteiger charge is 2.33. The minimum Gasteiger partial charge on any atom is -0.309 e. The topological polar surface area (TPSA) is 56.1 Å². The summed E-state index contributed by atoms with van der Waals surface area (Å²) in [5, 5.41) is 12.0. The smallest absolute Gasteiger partial charge is 0.245 e. The van der Waals surface area contributed by atoms with Crippen LogP contribution in [0.25, 0.3) is 0 Å². The van der Waals surface area contributed by atoms with Crippen LogP contribution in [-0.4, -0.2) is 24.5 Å². The minimum atomic E-state index is -0.395. The Morgan fingerprint density at radius 2 is 2.21 bits per heavy atom. The normalized spacial score (nSPS) is 23.3. The van der Waals surface area contributed by atoms with Crippen LogP contribution >= 0.6 is 0 Å². The van der Waals surface area contributed by atoms with Crippen molar-refractivity contribution >= 4 is 11.6 Å². The van der Waals surface area contributed by atoms with Gasteiger partial charge in [-0.1, -0.05) is 12.1 Å². The number of anilines is 1. The molecule has 1 heterocycles. The number of hydrogen-bond acceptors (Lipinski definition) is 3. The number of carbonyl (C=O) groups excluding carboxylic acids is 1. The first kappa shape index (κ1) is 13.6. The molecule has 0 radical (unpaired) electrons. The number of hydrogen-bond donors (Lipinski definition) is 1. The Kier molecular flexibility index (Phi) is 3.87. The molecule has 1 aromatic rings. The molecular formula is C15H19N3O. The van der Waals surface area contributed by atoms with Crippen LogP contribution in [0.15, 0.2) is 18.2 Å². The van der Waals surface area contributed by atoms with E-state index < -0.39 is 6.04 Å². The van der Waals surface area contributed by atoms with E-state index in [2.05, 4.69) is 11.4 Å². The van der Waals surface area contributed by atoms with Gasteiger partial charge in [-0.2, -0.15) is 5.26 Å². The molecule has 2 atom stereocenters. The summed E-state index contributed by atoms with van der Waals surface area (Å²) in [5.74, 6) is -0.00616. The predicted molar refractivity (Wildman–Crippen MR) is 74.9 cm³/mol. The zero-order valence-electron chi connectivity index (χ0n) is 11.6. The number of piperazine rings is 1. The Labute approximate surface area is 114 Å². The van der Waals surface area contributed by atoms with E-state index in [1.54, 1.807) is 0 Å². The van der Waals surface area contributed by atoms with Crippen molar-refractivity contribution in [2.24, 2.45) is 0 Å². The molecule has 0 aliphatic carbocycles. The van der Waals surface area contributed by atoms with E-state index in [9.17, 15) is 4.79 Å². The number of nitrogens with zero attached hydrogens (tertiary/aromatic N) is 2. The molecule has 1 aromatic carbocycles. The molecule has 4 heteroatoms. The molecule has 1 aliphatic rings. The monoisotopic (exact) mass is 257 g/mol. The van der Waals surface area contributed by atoms with Crippen molar-refractivity contribution in [1.82, 2.24) is 5.32 Å². The van der Waals surface area contributed by atoms with E-state index in [1.165, 1.54) is 5.56 Å². The number of benzene rings is 1. The maximum atomic E-state index is 12.4. The molecule has 2 rings (SSSR count). The summed E-state index contributed by atoms with van der Waals surface area (Å²) in [7, 11) is 0. The fourth-order valence-corrected chi connectivity index (χ4v) is 2.50. The van der Waals surface area contributed by atoms with E-state index in [1.807, 2.05) is 43.9 Å². The van der Waals surface area contributed by atoms with Crippen LogP contribution in [0.5, 0.6) is 0 Å². The molecule has 100 valence electrons. The van der Waals surface area contributed by atoms with Crippen molar-refractivity contribution in [3.63, 3.8) is 0 Å². The largest absolute Gasteiger partial charge is 0.309 e. The number of amides is 1. The van der Waals surface area contributed by atoms with Crippen LogP contribution < -0.4 is 10.2 Å². The van der Waals surface area contributed by atoms with Gasteiger partial charge < -0.3 is 10.2 Å². The van der Waals surface area contributed by atoms with Gasteiger partial charge in [0.2, 0.25) is 5.91 Å². The first-order chi connectivity index (χ1) is 9.04. The molecule has 1 N–H and O–H groups in total. The minimum absolute atomic E-state index is 0.00616. The first-order valence-corrected chi connectivity index (χ1v) is 6.55. The second kappa shape index (κ2) is 5.41. The van der Waals surface area contributed by atoms with Crippen LogP contribution in [0.2, 0.25) is 0 Å². The Morgan fingerprint density at radius 1 is 1.47 bits per heavy atom. The van der Waals surface area contributed by atoms with E-state index >= 15 is 0 Å². The lowest BCUT2D eigenvalue weighted by Gasteiger charge is -2.37. The van der Waals surface area contributed by atoms with Gasteiger partial charge in [0.1, 0.15) is 6.04 Å². The van der Waals surface area contributed by atoms with Crippen molar-refractivity contribution in [1.29, 1.82) is 5.26 Å². The molecule has 0 aromatic heterocycles. The summed E-state index contributed by atoms with van der Waals surface area (Å²) in [6.07, 6.45) is 0.213. The van der Waals surface area contributed by atoms with E-state index in [0.29, 0.717) is 6.54 Å². The second-order valence-electron chi connectivity index (χ2n) is 5.15. The third-order valence-electron chi connectivity index (χ3n) is 3.67. The summed E-state index contributed by atoms with van der Waals surface area (Å²) in [5.41, 5.74) is 3.26. The second-order valence-corrected chi connectivity index (χ2v) is 5.15. The number of aryl methyl sites for hydroxylation is 1. The van der Waals surface area contributed by atoms with E-state index in [0.717, 1.165) is 11.3 Å². The van der Waals surface area contributed by atoms with E-state index in [4.69, 9.17) is 5.26 Å². The molecule has 1 saturated heterocycles. The van der Waals surface area contributed by atoms with Gasteiger partial charge in [-0.05, 0) is 38.0 Å². The zero-order chi connectivity index (χ0) is 14.0. The maximum absolute atomic E-state index is 12.4. The summed E-state index contributed by atoms with van der Waals surface area (Å²) in [6.45, 7) is 6.76. The van der Waals surface area contributed by atoms with Crippen LogP contribution in [0.3, 0.4) is 0 Å². The third-order valence-corrected chi connectivity index (χ3v) is 3.67. The average Bonchev–Trinajstić information content (AvgIpc) is 2.37. The molecule has 1 amide bonds. The molecule has 19 heavy (non-hydrogen) atoms. The molecule has 0 saturated carbocycles. The first-order valence-electron chi connectivity index (χ1n) is 6.55. The highest BCUT2D eigenvalue weighted by atomic mass is 16.2. The summed E-state index contributed by atoms with van der Waals surface area (Å²) >= 11 is 0. The summed E-state index contributed by atoms with van der Waals surface area (Å²) in [4.78, 5) is 14.2. The lowest BCUT2D eigenvalue weighted by Crippen LogP contribution is -2.59. The molecule has 0 bridgehead atoms. The van der Waals surface area contributed by atoms with Gasteiger partial charge in [0.25, 0.3) is 0 Å².